The second kappa shape index (κ2) is 8.39. The van der Waals surface area contributed by atoms with E-state index in [-0.39, 0.29) is 5.72 Å². The van der Waals surface area contributed by atoms with E-state index in [9.17, 15) is 0 Å². The molecule has 3 heteroatoms. The molecule has 1 aliphatic heterocycles. The quantitative estimate of drug-likeness (QED) is 0.642. The molecule has 1 atom stereocenters. The standard InChI is InChI=1S/C23H30N2O/c1-4-5-17-25-22(16-15-20-13-11-19(2)12-14-20)24-26-23(25,3)18-21-9-7-6-8-10-21/h6-14H,4-5,15-18H2,1-3H3. The zero-order valence-electron chi connectivity index (χ0n) is 16.2. The molecule has 1 heterocycles. The number of nitrogens with zero attached hydrogens (tertiary/aromatic N) is 2. The van der Waals surface area contributed by atoms with Crippen molar-refractivity contribution in [2.45, 2.75) is 58.6 Å². The summed E-state index contributed by atoms with van der Waals surface area (Å²) < 4.78 is 0. The number of oxime groups is 1. The number of aryl methyl sites for hydroxylation is 2. The van der Waals surface area contributed by atoms with Crippen molar-refractivity contribution in [1.29, 1.82) is 0 Å². The van der Waals surface area contributed by atoms with Crippen LogP contribution in [0.25, 0.3) is 0 Å². The molecule has 0 saturated carbocycles. The molecule has 1 aliphatic rings. The number of hydrogen-bond acceptors (Lipinski definition) is 3. The fourth-order valence-corrected chi connectivity index (χ4v) is 3.50. The predicted molar refractivity (Wildman–Crippen MR) is 108 cm³/mol. The third-order valence-corrected chi connectivity index (χ3v) is 5.10. The van der Waals surface area contributed by atoms with Gasteiger partial charge in [0.25, 0.3) is 0 Å². The van der Waals surface area contributed by atoms with E-state index in [0.717, 1.165) is 38.1 Å². The van der Waals surface area contributed by atoms with Gasteiger partial charge in [0.2, 0.25) is 5.72 Å². The monoisotopic (exact) mass is 350 g/mol. The Balaban J connectivity index is 1.69. The molecule has 138 valence electrons. The average Bonchev–Trinajstić information content (AvgIpc) is 2.95. The molecular formula is C23H30N2O. The third kappa shape index (κ3) is 4.46. The van der Waals surface area contributed by atoms with E-state index in [1.807, 2.05) is 0 Å². The first-order valence-corrected chi connectivity index (χ1v) is 9.73. The van der Waals surface area contributed by atoms with Crippen LogP contribution >= 0.6 is 0 Å². The summed E-state index contributed by atoms with van der Waals surface area (Å²) in [6, 6.07) is 19.3. The maximum atomic E-state index is 5.99. The van der Waals surface area contributed by atoms with Crippen molar-refractivity contribution in [2.75, 3.05) is 6.54 Å². The summed E-state index contributed by atoms with van der Waals surface area (Å²) in [5.41, 5.74) is 3.55. The summed E-state index contributed by atoms with van der Waals surface area (Å²) in [7, 11) is 0. The molecule has 26 heavy (non-hydrogen) atoms. The van der Waals surface area contributed by atoms with Crippen LogP contribution in [0, 0.1) is 6.92 Å². The molecule has 1 unspecified atom stereocenters. The number of rotatable bonds is 8. The highest BCUT2D eigenvalue weighted by Crippen LogP contribution is 2.30. The Morgan fingerprint density at radius 1 is 0.962 bits per heavy atom. The number of benzene rings is 2. The molecule has 0 saturated heterocycles. The van der Waals surface area contributed by atoms with Gasteiger partial charge in [0, 0.05) is 19.4 Å². The molecule has 2 aromatic rings. The van der Waals surface area contributed by atoms with Gasteiger partial charge in [-0.1, -0.05) is 78.7 Å². The average molecular weight is 351 g/mol. The van der Waals surface area contributed by atoms with Crippen molar-refractivity contribution in [3.8, 4) is 0 Å². The smallest absolute Gasteiger partial charge is 0.212 e. The lowest BCUT2D eigenvalue weighted by Crippen LogP contribution is -2.48. The van der Waals surface area contributed by atoms with Crippen LogP contribution in [-0.4, -0.2) is 23.0 Å². The highest BCUT2D eigenvalue weighted by atomic mass is 16.7. The lowest BCUT2D eigenvalue weighted by molar-refractivity contribution is -0.0835. The fraction of sp³-hybridized carbons (Fsp3) is 0.435. The van der Waals surface area contributed by atoms with Gasteiger partial charge in [-0.3, -0.25) is 0 Å². The number of hydrogen-bond donors (Lipinski definition) is 0. The Morgan fingerprint density at radius 2 is 1.69 bits per heavy atom. The summed E-state index contributed by atoms with van der Waals surface area (Å²) in [5, 5.41) is 4.49. The summed E-state index contributed by atoms with van der Waals surface area (Å²) in [5.74, 6) is 1.08. The van der Waals surface area contributed by atoms with Crippen molar-refractivity contribution in [1.82, 2.24) is 4.90 Å². The van der Waals surface area contributed by atoms with E-state index in [0.29, 0.717) is 0 Å². The first-order chi connectivity index (χ1) is 12.6. The molecule has 3 nitrogen and oxygen atoms in total. The van der Waals surface area contributed by atoms with Crippen LogP contribution in [0.4, 0.5) is 0 Å². The van der Waals surface area contributed by atoms with E-state index >= 15 is 0 Å². The van der Waals surface area contributed by atoms with Gasteiger partial charge < -0.3 is 9.74 Å². The minimum absolute atomic E-state index is 0.390. The summed E-state index contributed by atoms with van der Waals surface area (Å²) in [6.07, 6.45) is 5.07. The lowest BCUT2D eigenvalue weighted by Gasteiger charge is -2.34. The second-order valence-corrected chi connectivity index (χ2v) is 7.43. The van der Waals surface area contributed by atoms with Crippen LogP contribution in [0.3, 0.4) is 0 Å². The topological polar surface area (TPSA) is 24.8 Å². The predicted octanol–water partition coefficient (Wildman–Crippen LogP) is 5.33. The van der Waals surface area contributed by atoms with Gasteiger partial charge in [0.1, 0.15) is 5.84 Å². The maximum absolute atomic E-state index is 5.99. The van der Waals surface area contributed by atoms with Crippen molar-refractivity contribution < 1.29 is 4.84 Å². The normalized spacial score (nSPS) is 19.3. The van der Waals surface area contributed by atoms with Crippen LogP contribution in [0.1, 0.15) is 49.8 Å². The van der Waals surface area contributed by atoms with Gasteiger partial charge in [-0.25, -0.2) is 0 Å². The van der Waals surface area contributed by atoms with Gasteiger partial charge in [0.05, 0.1) is 0 Å². The van der Waals surface area contributed by atoms with Crippen LogP contribution < -0.4 is 0 Å². The molecule has 0 amide bonds. The highest BCUT2D eigenvalue weighted by molar-refractivity contribution is 5.83. The Kier molecular flexibility index (Phi) is 5.97. The Bertz CT molecular complexity index is 724. The molecule has 0 spiro atoms. The van der Waals surface area contributed by atoms with Crippen molar-refractivity contribution >= 4 is 5.84 Å². The van der Waals surface area contributed by atoms with Gasteiger partial charge in [-0.2, -0.15) is 0 Å². The summed E-state index contributed by atoms with van der Waals surface area (Å²) in [6.45, 7) is 7.51. The molecular weight excluding hydrogens is 320 g/mol. The van der Waals surface area contributed by atoms with E-state index in [2.05, 4.69) is 85.4 Å². The molecule has 0 fully saturated rings. The molecule has 0 aliphatic carbocycles. The van der Waals surface area contributed by atoms with Crippen LogP contribution in [0.5, 0.6) is 0 Å². The highest BCUT2D eigenvalue weighted by Gasteiger charge is 2.41. The minimum Gasteiger partial charge on any atom is -0.365 e. The molecule has 0 aromatic heterocycles. The van der Waals surface area contributed by atoms with Crippen molar-refractivity contribution in [2.24, 2.45) is 5.16 Å². The zero-order chi connectivity index (χ0) is 18.4. The number of amidine groups is 1. The van der Waals surface area contributed by atoms with Crippen LogP contribution in [0.2, 0.25) is 0 Å². The van der Waals surface area contributed by atoms with Crippen molar-refractivity contribution in [3.63, 3.8) is 0 Å². The van der Waals surface area contributed by atoms with Gasteiger partial charge in [0.15, 0.2) is 0 Å². The Hall–Kier alpha value is -2.29. The first kappa shape index (κ1) is 18.5. The van der Waals surface area contributed by atoms with Gasteiger partial charge in [-0.15, -0.1) is 0 Å². The van der Waals surface area contributed by atoms with Crippen molar-refractivity contribution in [3.05, 3.63) is 71.3 Å². The van der Waals surface area contributed by atoms with Crippen LogP contribution in [-0.2, 0) is 17.7 Å². The first-order valence-electron chi connectivity index (χ1n) is 9.73. The van der Waals surface area contributed by atoms with E-state index < -0.39 is 0 Å². The van der Waals surface area contributed by atoms with E-state index in [4.69, 9.17) is 4.84 Å². The zero-order valence-corrected chi connectivity index (χ0v) is 16.2. The summed E-state index contributed by atoms with van der Waals surface area (Å²) >= 11 is 0. The molecule has 2 aromatic carbocycles. The maximum Gasteiger partial charge on any atom is 0.212 e. The van der Waals surface area contributed by atoms with Crippen LogP contribution in [0.15, 0.2) is 59.8 Å². The van der Waals surface area contributed by atoms with Gasteiger partial charge in [-0.05, 0) is 37.8 Å². The fourth-order valence-electron chi connectivity index (χ4n) is 3.50. The minimum atomic E-state index is -0.390. The van der Waals surface area contributed by atoms with E-state index in [1.54, 1.807) is 0 Å². The molecule has 0 N–H and O–H groups in total. The number of unbranched alkanes of at least 4 members (excludes halogenated alkanes) is 1. The molecule has 0 bridgehead atoms. The second-order valence-electron chi connectivity index (χ2n) is 7.43. The lowest BCUT2D eigenvalue weighted by atomic mass is 10.0. The third-order valence-electron chi connectivity index (χ3n) is 5.10. The van der Waals surface area contributed by atoms with E-state index in [1.165, 1.54) is 23.1 Å². The SMILES string of the molecule is CCCCN1C(CCc2ccc(C)cc2)=NOC1(C)Cc1ccccc1. The Morgan fingerprint density at radius 3 is 2.38 bits per heavy atom. The summed E-state index contributed by atoms with van der Waals surface area (Å²) in [4.78, 5) is 8.37. The molecule has 0 radical (unpaired) electrons. The largest absolute Gasteiger partial charge is 0.365 e. The Labute approximate surface area is 157 Å². The van der Waals surface area contributed by atoms with Gasteiger partial charge >= 0.3 is 0 Å². The molecule has 3 rings (SSSR count).